The number of ether oxygens (including phenoxy) is 1. The number of amides is 1. The zero-order valence-corrected chi connectivity index (χ0v) is 21.3. The Bertz CT molecular complexity index is 1380. The molecule has 9 heteroatoms. The zero-order valence-electron chi connectivity index (χ0n) is 19.7. The first-order chi connectivity index (χ1) is 17.4. The monoisotopic (exact) mass is 521 g/mol. The molecule has 7 nitrogen and oxygen atoms in total. The van der Waals surface area contributed by atoms with Crippen molar-refractivity contribution in [1.29, 1.82) is 0 Å². The van der Waals surface area contributed by atoms with Crippen LogP contribution in [0.4, 0.5) is 5.13 Å². The standard InChI is InChI=1S/C27H24ClN3O4S/c1-31(26(34)18(14-24(32)33)12-17-8-4-3-5-9-17)27-30-23(16-36-27)21-11-7-6-10-20(21)19-13-22(28)25(35-2)29-15-19/h3-11,13,15-16,18H,12,14H2,1-2H3,(H,32,33)/t18-/m1/s1. The predicted molar refractivity (Wildman–Crippen MR) is 142 cm³/mol. The van der Waals surface area contributed by atoms with Crippen molar-refractivity contribution < 1.29 is 19.4 Å². The van der Waals surface area contributed by atoms with Crippen LogP contribution >= 0.6 is 22.9 Å². The molecule has 1 N–H and O–H groups in total. The van der Waals surface area contributed by atoms with E-state index in [1.807, 2.05) is 60.0 Å². The van der Waals surface area contributed by atoms with Gasteiger partial charge in [-0.1, -0.05) is 66.2 Å². The minimum atomic E-state index is -1.02. The van der Waals surface area contributed by atoms with Gasteiger partial charge in [0.05, 0.1) is 25.1 Å². The second-order valence-corrected chi connectivity index (χ2v) is 9.40. The SMILES string of the molecule is COc1ncc(-c2ccccc2-c2csc(N(C)C(=O)[C@@H](CC(=O)O)Cc3ccccc3)n2)cc1Cl. The van der Waals surface area contributed by atoms with Crippen LogP contribution < -0.4 is 9.64 Å². The zero-order chi connectivity index (χ0) is 25.7. The Hall–Kier alpha value is -3.75. The second-order valence-electron chi connectivity index (χ2n) is 8.16. The summed E-state index contributed by atoms with van der Waals surface area (Å²) in [7, 11) is 3.14. The highest BCUT2D eigenvalue weighted by molar-refractivity contribution is 7.14. The van der Waals surface area contributed by atoms with E-state index in [2.05, 4.69) is 4.98 Å². The molecule has 4 aromatic rings. The topological polar surface area (TPSA) is 92.6 Å². The number of rotatable bonds is 9. The molecule has 0 aliphatic carbocycles. The molecule has 0 radical (unpaired) electrons. The molecule has 2 aromatic carbocycles. The molecule has 0 spiro atoms. The maximum Gasteiger partial charge on any atom is 0.304 e. The number of carbonyl (C=O) groups is 2. The lowest BCUT2D eigenvalue weighted by Gasteiger charge is -2.21. The van der Waals surface area contributed by atoms with Crippen LogP contribution in [0.2, 0.25) is 5.02 Å². The van der Waals surface area contributed by atoms with Crippen molar-refractivity contribution in [1.82, 2.24) is 9.97 Å². The highest BCUT2D eigenvalue weighted by atomic mass is 35.5. The van der Waals surface area contributed by atoms with Crippen LogP contribution in [-0.2, 0) is 16.0 Å². The Labute approximate surface area is 218 Å². The molecule has 0 saturated carbocycles. The number of aliphatic carboxylic acids is 1. The minimum Gasteiger partial charge on any atom is -0.481 e. The quantitative estimate of drug-likeness (QED) is 0.298. The van der Waals surface area contributed by atoms with Gasteiger partial charge >= 0.3 is 5.97 Å². The summed E-state index contributed by atoms with van der Waals surface area (Å²) in [6.07, 6.45) is 1.76. The molecule has 1 atom stereocenters. The maximum absolute atomic E-state index is 13.3. The van der Waals surface area contributed by atoms with E-state index < -0.39 is 11.9 Å². The highest BCUT2D eigenvalue weighted by Gasteiger charge is 2.27. The van der Waals surface area contributed by atoms with Gasteiger partial charge in [-0.2, -0.15) is 0 Å². The van der Waals surface area contributed by atoms with Gasteiger partial charge in [-0.3, -0.25) is 14.5 Å². The van der Waals surface area contributed by atoms with E-state index in [-0.39, 0.29) is 12.3 Å². The minimum absolute atomic E-state index is 0.260. The van der Waals surface area contributed by atoms with Gasteiger partial charge in [-0.25, -0.2) is 9.97 Å². The molecule has 2 aromatic heterocycles. The molecule has 0 bridgehead atoms. The van der Waals surface area contributed by atoms with Crippen LogP contribution in [-0.4, -0.2) is 41.1 Å². The van der Waals surface area contributed by atoms with Gasteiger partial charge in [-0.15, -0.1) is 11.3 Å². The molecule has 4 rings (SSSR count). The number of aromatic nitrogens is 2. The van der Waals surface area contributed by atoms with E-state index in [9.17, 15) is 14.7 Å². The van der Waals surface area contributed by atoms with Gasteiger partial charge in [0.15, 0.2) is 5.13 Å². The lowest BCUT2D eigenvalue weighted by atomic mass is 9.95. The van der Waals surface area contributed by atoms with E-state index in [1.54, 1.807) is 19.3 Å². The first-order valence-corrected chi connectivity index (χ1v) is 12.4. The molecular formula is C27H24ClN3O4S. The van der Waals surface area contributed by atoms with Crippen LogP contribution in [0.25, 0.3) is 22.4 Å². The number of hydrogen-bond donors (Lipinski definition) is 1. The van der Waals surface area contributed by atoms with Crippen LogP contribution in [0.15, 0.2) is 72.2 Å². The molecule has 0 fully saturated rings. The summed E-state index contributed by atoms with van der Waals surface area (Å²) in [5.41, 5.74) is 4.14. The maximum atomic E-state index is 13.3. The number of benzene rings is 2. The number of carboxylic acid groups (broad SMARTS) is 1. The van der Waals surface area contributed by atoms with Gasteiger partial charge in [0.25, 0.3) is 0 Å². The van der Waals surface area contributed by atoms with Gasteiger partial charge in [0.2, 0.25) is 11.8 Å². The van der Waals surface area contributed by atoms with Crippen molar-refractivity contribution >= 4 is 39.9 Å². The molecule has 0 aliphatic heterocycles. The Kier molecular flexibility index (Phi) is 7.97. The predicted octanol–water partition coefficient (Wildman–Crippen LogP) is 5.83. The largest absolute Gasteiger partial charge is 0.481 e. The number of nitrogens with zero attached hydrogens (tertiary/aromatic N) is 3. The summed E-state index contributed by atoms with van der Waals surface area (Å²) in [4.78, 5) is 35.2. The second kappa shape index (κ2) is 11.3. The van der Waals surface area contributed by atoms with Crippen molar-refractivity contribution in [3.63, 3.8) is 0 Å². The number of halogens is 1. The van der Waals surface area contributed by atoms with Crippen LogP contribution in [0.1, 0.15) is 12.0 Å². The molecule has 0 unspecified atom stereocenters. The summed E-state index contributed by atoms with van der Waals surface area (Å²) >= 11 is 7.62. The molecular weight excluding hydrogens is 498 g/mol. The Morgan fingerprint density at radius 1 is 1.11 bits per heavy atom. The number of methoxy groups -OCH3 is 1. The van der Waals surface area contributed by atoms with Crippen LogP contribution in [0.3, 0.4) is 0 Å². The summed E-state index contributed by atoms with van der Waals surface area (Å²) in [6.45, 7) is 0. The van der Waals surface area contributed by atoms with Crippen molar-refractivity contribution in [3.8, 4) is 28.3 Å². The average molecular weight is 522 g/mol. The first-order valence-electron chi connectivity index (χ1n) is 11.2. The van der Waals surface area contributed by atoms with Gasteiger partial charge in [0.1, 0.15) is 5.02 Å². The van der Waals surface area contributed by atoms with Crippen molar-refractivity contribution in [2.75, 3.05) is 19.1 Å². The number of anilines is 1. The summed E-state index contributed by atoms with van der Waals surface area (Å²) in [5.74, 6) is -1.66. The number of carboxylic acids is 1. The summed E-state index contributed by atoms with van der Waals surface area (Å²) < 4.78 is 5.16. The van der Waals surface area contributed by atoms with Gasteiger partial charge in [-0.05, 0) is 23.6 Å². The normalized spacial score (nSPS) is 11.6. The van der Waals surface area contributed by atoms with E-state index in [0.29, 0.717) is 28.1 Å². The fourth-order valence-electron chi connectivity index (χ4n) is 3.95. The Morgan fingerprint density at radius 3 is 2.47 bits per heavy atom. The number of thiazole rings is 1. The van der Waals surface area contributed by atoms with E-state index in [1.165, 1.54) is 23.3 Å². The number of carbonyl (C=O) groups excluding carboxylic acids is 1. The third-order valence-electron chi connectivity index (χ3n) is 5.72. The third kappa shape index (κ3) is 5.72. The fourth-order valence-corrected chi connectivity index (χ4v) is 4.99. The van der Waals surface area contributed by atoms with Crippen LogP contribution in [0, 0.1) is 5.92 Å². The third-order valence-corrected chi connectivity index (χ3v) is 6.91. The molecule has 2 heterocycles. The van der Waals surface area contributed by atoms with E-state index in [4.69, 9.17) is 21.3 Å². The van der Waals surface area contributed by atoms with Crippen LogP contribution in [0.5, 0.6) is 5.88 Å². The van der Waals surface area contributed by atoms with Gasteiger partial charge < -0.3 is 9.84 Å². The fraction of sp³-hybridized carbons (Fsp3) is 0.185. The average Bonchev–Trinajstić information content (AvgIpc) is 3.38. The van der Waals surface area contributed by atoms with Crippen molar-refractivity contribution in [2.45, 2.75) is 12.8 Å². The smallest absolute Gasteiger partial charge is 0.304 e. The molecule has 1 amide bonds. The summed E-state index contributed by atoms with van der Waals surface area (Å²) in [5, 5.41) is 12.2. The number of hydrogen-bond acceptors (Lipinski definition) is 6. The van der Waals surface area contributed by atoms with Crippen molar-refractivity contribution in [3.05, 3.63) is 82.8 Å². The summed E-state index contributed by atoms with van der Waals surface area (Å²) in [6, 6.07) is 18.9. The van der Waals surface area contributed by atoms with Crippen molar-refractivity contribution in [2.24, 2.45) is 5.92 Å². The Balaban J connectivity index is 1.61. The highest BCUT2D eigenvalue weighted by Crippen LogP contribution is 2.36. The van der Waals surface area contributed by atoms with E-state index >= 15 is 0 Å². The molecule has 184 valence electrons. The Morgan fingerprint density at radius 2 is 1.81 bits per heavy atom. The van der Waals surface area contributed by atoms with E-state index in [0.717, 1.165) is 22.3 Å². The number of pyridine rings is 1. The molecule has 36 heavy (non-hydrogen) atoms. The molecule has 0 aliphatic rings. The van der Waals surface area contributed by atoms with Gasteiger partial charge in [0, 0.05) is 29.8 Å². The first kappa shape index (κ1) is 25.3. The molecule has 0 saturated heterocycles. The lowest BCUT2D eigenvalue weighted by Crippen LogP contribution is -2.35. The lowest BCUT2D eigenvalue weighted by molar-refractivity contribution is -0.140.